The third-order valence-corrected chi connectivity index (χ3v) is 6.83. The second-order valence-corrected chi connectivity index (χ2v) is 10.7. The zero-order valence-corrected chi connectivity index (χ0v) is 24.0. The number of rotatable bonds is 10. The molecule has 1 aromatic carbocycles. The Morgan fingerprint density at radius 2 is 1.88 bits per heavy atom. The number of aromatic nitrogens is 3. The zero-order valence-electron chi connectivity index (χ0n) is 24.0. The minimum Gasteiger partial charge on any atom is -0.352 e. The third-order valence-electron chi connectivity index (χ3n) is 6.83. The van der Waals surface area contributed by atoms with Crippen molar-refractivity contribution in [3.63, 3.8) is 0 Å². The van der Waals surface area contributed by atoms with Gasteiger partial charge in [0.2, 0.25) is 0 Å². The molecular weight excluding hydrogens is 506 g/mol. The van der Waals surface area contributed by atoms with Crippen molar-refractivity contribution in [1.82, 2.24) is 30.3 Å². The van der Waals surface area contributed by atoms with Crippen LogP contribution in [0.3, 0.4) is 0 Å². The summed E-state index contributed by atoms with van der Waals surface area (Å²) in [5, 5.41) is 11.0. The van der Waals surface area contributed by atoms with E-state index >= 15 is 0 Å². The minimum atomic E-state index is -0.504. The summed E-state index contributed by atoms with van der Waals surface area (Å²) < 4.78 is 1.77. The van der Waals surface area contributed by atoms with Gasteiger partial charge in [-0.2, -0.15) is 5.10 Å². The molecule has 10 heteroatoms. The summed E-state index contributed by atoms with van der Waals surface area (Å²) in [6.07, 6.45) is 4.35. The molecular formula is C30H37N7O3. The Balaban J connectivity index is 1.63. The fraction of sp³-hybridized carbons (Fsp3) is 0.400. The van der Waals surface area contributed by atoms with E-state index in [2.05, 4.69) is 25.6 Å². The number of carbonyl (C=O) groups excluding carboxylic acids is 3. The van der Waals surface area contributed by atoms with Crippen molar-refractivity contribution < 1.29 is 14.4 Å². The molecule has 1 aliphatic rings. The fourth-order valence-electron chi connectivity index (χ4n) is 4.70. The minimum absolute atomic E-state index is 0.0178. The number of aliphatic imine (C=N–C) groups is 1. The molecule has 210 valence electrons. The number of allylic oxidation sites excluding steroid dienone is 1. The molecule has 2 aromatic heterocycles. The van der Waals surface area contributed by atoms with Gasteiger partial charge in [0, 0.05) is 36.0 Å². The highest BCUT2D eigenvalue weighted by Gasteiger charge is 2.25. The maximum atomic E-state index is 13.5. The van der Waals surface area contributed by atoms with E-state index in [0.29, 0.717) is 45.7 Å². The van der Waals surface area contributed by atoms with Crippen LogP contribution >= 0.6 is 0 Å². The van der Waals surface area contributed by atoms with E-state index in [1.165, 1.54) is 0 Å². The predicted molar refractivity (Wildman–Crippen MR) is 157 cm³/mol. The molecule has 10 nitrogen and oxygen atoms in total. The molecule has 0 spiro atoms. The molecule has 1 atom stereocenters. The fourth-order valence-corrected chi connectivity index (χ4v) is 4.70. The lowest BCUT2D eigenvalue weighted by Crippen LogP contribution is -2.34. The van der Waals surface area contributed by atoms with E-state index in [1.807, 2.05) is 53.1 Å². The van der Waals surface area contributed by atoms with Gasteiger partial charge in [-0.15, -0.1) is 0 Å². The highest BCUT2D eigenvalue weighted by atomic mass is 16.2. The molecule has 0 saturated carbocycles. The number of carbonyl (C=O) groups is 3. The zero-order chi connectivity index (χ0) is 29.0. The first kappa shape index (κ1) is 28.8. The number of benzene rings is 1. The van der Waals surface area contributed by atoms with Crippen LogP contribution in [0.1, 0.15) is 60.9 Å². The van der Waals surface area contributed by atoms with Crippen molar-refractivity contribution in [2.45, 2.75) is 40.2 Å². The number of fused-ring (bicyclic) bond motifs is 1. The maximum Gasteiger partial charge on any atom is 0.254 e. The Hall–Kier alpha value is -4.18. The summed E-state index contributed by atoms with van der Waals surface area (Å²) in [6.45, 7) is 9.23. The van der Waals surface area contributed by atoms with E-state index in [4.69, 9.17) is 4.98 Å². The van der Waals surface area contributed by atoms with Gasteiger partial charge in [-0.3, -0.25) is 14.4 Å². The number of dihydropyridines is 1. The standard InChI is InChI=1S/C30H37N7O3/c1-18(2)37-27-25(17-33-37)23(29(39)32-16-24-19(3)13-20(4)34-30(24)40)15-26(35-27)21-9-7-10-22(14-21)28(38)31-11-8-12-36(5)6/h7,9-10,13-15,17-18,24H,8,11-12,16H2,1-6H3,(H,31,38)(H,32,39). The highest BCUT2D eigenvalue weighted by molar-refractivity contribution is 6.08. The van der Waals surface area contributed by atoms with E-state index < -0.39 is 5.92 Å². The van der Waals surface area contributed by atoms with Crippen LogP contribution in [0.25, 0.3) is 22.3 Å². The first-order valence-electron chi connectivity index (χ1n) is 13.5. The second kappa shape index (κ2) is 12.3. The van der Waals surface area contributed by atoms with Crippen molar-refractivity contribution in [2.75, 3.05) is 33.7 Å². The van der Waals surface area contributed by atoms with Gasteiger partial charge < -0.3 is 15.5 Å². The van der Waals surface area contributed by atoms with Gasteiger partial charge >= 0.3 is 0 Å². The van der Waals surface area contributed by atoms with E-state index in [1.54, 1.807) is 36.0 Å². The number of nitrogens with zero attached hydrogens (tertiary/aromatic N) is 5. The summed E-state index contributed by atoms with van der Waals surface area (Å²) in [4.78, 5) is 49.7. The molecule has 40 heavy (non-hydrogen) atoms. The quantitative estimate of drug-likeness (QED) is 0.377. The van der Waals surface area contributed by atoms with Crippen LogP contribution in [0.5, 0.6) is 0 Å². The van der Waals surface area contributed by atoms with Crippen molar-refractivity contribution in [3.05, 3.63) is 59.3 Å². The Morgan fingerprint density at radius 1 is 1.10 bits per heavy atom. The average Bonchev–Trinajstić information content (AvgIpc) is 3.34. The van der Waals surface area contributed by atoms with Gasteiger partial charge in [-0.25, -0.2) is 14.7 Å². The van der Waals surface area contributed by atoms with Crippen LogP contribution in [0, 0.1) is 5.92 Å². The van der Waals surface area contributed by atoms with Gasteiger partial charge in [0.25, 0.3) is 17.7 Å². The lowest BCUT2D eigenvalue weighted by molar-refractivity contribution is -0.120. The lowest BCUT2D eigenvalue weighted by Gasteiger charge is -2.19. The van der Waals surface area contributed by atoms with Crippen LogP contribution in [-0.4, -0.2) is 76.8 Å². The normalized spacial score (nSPS) is 15.4. The van der Waals surface area contributed by atoms with Gasteiger partial charge in [0.1, 0.15) is 0 Å². The van der Waals surface area contributed by atoms with Crippen molar-refractivity contribution in [3.8, 4) is 11.3 Å². The number of amides is 3. The van der Waals surface area contributed by atoms with Gasteiger partial charge in [0.05, 0.1) is 28.8 Å². The first-order valence-corrected chi connectivity index (χ1v) is 13.5. The molecule has 0 saturated heterocycles. The lowest BCUT2D eigenvalue weighted by atomic mass is 9.95. The number of hydrogen-bond donors (Lipinski definition) is 2. The van der Waals surface area contributed by atoms with Crippen molar-refractivity contribution in [1.29, 1.82) is 0 Å². The van der Waals surface area contributed by atoms with Gasteiger partial charge in [-0.1, -0.05) is 17.7 Å². The van der Waals surface area contributed by atoms with Crippen LogP contribution in [0.2, 0.25) is 0 Å². The summed E-state index contributed by atoms with van der Waals surface area (Å²) in [6, 6.07) is 8.94. The molecule has 3 amide bonds. The monoisotopic (exact) mass is 543 g/mol. The summed E-state index contributed by atoms with van der Waals surface area (Å²) >= 11 is 0. The van der Waals surface area contributed by atoms with Crippen LogP contribution < -0.4 is 10.6 Å². The topological polar surface area (TPSA) is 122 Å². The number of nitrogens with one attached hydrogen (secondary N) is 2. The van der Waals surface area contributed by atoms with E-state index in [9.17, 15) is 14.4 Å². The van der Waals surface area contributed by atoms with Gasteiger partial charge in [0.15, 0.2) is 5.65 Å². The summed E-state index contributed by atoms with van der Waals surface area (Å²) in [5.74, 6) is -1.26. The molecule has 0 aliphatic carbocycles. The smallest absolute Gasteiger partial charge is 0.254 e. The van der Waals surface area contributed by atoms with Crippen molar-refractivity contribution >= 4 is 34.5 Å². The Bertz CT molecular complexity index is 1500. The molecule has 1 unspecified atom stereocenters. The predicted octanol–water partition coefficient (Wildman–Crippen LogP) is 3.65. The molecule has 0 fully saturated rings. The molecule has 0 radical (unpaired) electrons. The Morgan fingerprint density at radius 3 is 2.58 bits per heavy atom. The molecule has 3 heterocycles. The number of pyridine rings is 1. The third kappa shape index (κ3) is 6.51. The molecule has 2 N–H and O–H groups in total. The average molecular weight is 544 g/mol. The Labute approximate surface area is 234 Å². The van der Waals surface area contributed by atoms with E-state index in [0.717, 1.165) is 18.5 Å². The molecule has 4 rings (SSSR count). The van der Waals surface area contributed by atoms with E-state index in [-0.39, 0.29) is 30.3 Å². The summed E-state index contributed by atoms with van der Waals surface area (Å²) in [7, 11) is 4.00. The summed E-state index contributed by atoms with van der Waals surface area (Å²) in [5.41, 5.74) is 4.27. The van der Waals surface area contributed by atoms with Crippen molar-refractivity contribution in [2.24, 2.45) is 10.9 Å². The van der Waals surface area contributed by atoms with Crippen LogP contribution in [0.15, 0.2) is 53.2 Å². The largest absolute Gasteiger partial charge is 0.352 e. The first-order chi connectivity index (χ1) is 19.0. The maximum absolute atomic E-state index is 13.5. The van der Waals surface area contributed by atoms with Crippen LogP contribution in [-0.2, 0) is 4.79 Å². The van der Waals surface area contributed by atoms with Gasteiger partial charge in [-0.05, 0) is 79.0 Å². The molecule has 3 aromatic rings. The second-order valence-electron chi connectivity index (χ2n) is 10.7. The SMILES string of the molecule is CC1=CC(C)=NC(=O)C1CNC(=O)c1cc(-c2cccc(C(=O)NCCCN(C)C)c2)nc2c1cnn2C(C)C. The molecule has 0 bridgehead atoms. The number of hydrogen-bond acceptors (Lipinski definition) is 6. The highest BCUT2D eigenvalue weighted by Crippen LogP contribution is 2.27. The van der Waals surface area contributed by atoms with Crippen LogP contribution in [0.4, 0.5) is 0 Å². The molecule has 1 aliphatic heterocycles. The Kier molecular flexibility index (Phi) is 8.89.